The largest absolute Gasteiger partial charge is 0.490 e. The smallest absolute Gasteiger partial charge is 0.265 e. The number of allylic oxidation sites excluding steroid dienone is 1. The summed E-state index contributed by atoms with van der Waals surface area (Å²) in [7, 11) is 0. The van der Waals surface area contributed by atoms with Crippen molar-refractivity contribution in [3.63, 3.8) is 0 Å². The molecule has 0 saturated carbocycles. The van der Waals surface area contributed by atoms with E-state index in [1.807, 2.05) is 37.3 Å². The lowest BCUT2D eigenvalue weighted by Gasteiger charge is -2.27. The number of amides is 2. The topological polar surface area (TPSA) is 67.9 Å². The lowest BCUT2D eigenvalue weighted by Crippen LogP contribution is -2.53. The molecule has 2 aromatic carbocycles. The van der Waals surface area contributed by atoms with Crippen LogP contribution in [0.4, 0.5) is 0 Å². The molecule has 3 rings (SSSR count). The molecule has 1 aliphatic rings. The first-order valence-electron chi connectivity index (χ1n) is 10.7. The summed E-state index contributed by atoms with van der Waals surface area (Å²) in [4.78, 5) is 26.7. The summed E-state index contributed by atoms with van der Waals surface area (Å²) < 4.78 is 13.2. The number of halogens is 1. The van der Waals surface area contributed by atoms with Gasteiger partial charge in [0.1, 0.15) is 12.2 Å². The van der Waals surface area contributed by atoms with Gasteiger partial charge in [0.2, 0.25) is 0 Å². The molecule has 2 amide bonds. The van der Waals surface area contributed by atoms with E-state index in [4.69, 9.17) is 21.7 Å². The van der Waals surface area contributed by atoms with Crippen LogP contribution in [0.15, 0.2) is 67.3 Å². The van der Waals surface area contributed by atoms with Gasteiger partial charge in [0.05, 0.1) is 6.61 Å². The molecule has 1 aliphatic heterocycles. The van der Waals surface area contributed by atoms with Gasteiger partial charge >= 0.3 is 0 Å². The molecule has 0 bridgehead atoms. The fourth-order valence-corrected chi connectivity index (χ4v) is 4.00. The molecule has 6 nitrogen and oxygen atoms in total. The maximum Gasteiger partial charge on any atom is 0.265 e. The number of thiocarbonyl (C=S) groups is 1. The van der Waals surface area contributed by atoms with Crippen molar-refractivity contribution in [1.29, 1.82) is 0 Å². The molecule has 0 aromatic heterocycles. The van der Waals surface area contributed by atoms with Crippen LogP contribution in [0.2, 0.25) is 0 Å². The maximum atomic E-state index is 12.9. The standard InChI is InChI=1S/C26H25IN2O4S/c1-4-7-19-13-18(14-21-24(30)28-26(34)29(12-5-2)25(21)31)15-22(32-6-3)23(19)33-16-17-8-10-20(27)11-9-17/h4-5,8-11,13-15H,1-2,6-7,12,16H2,3H3,(H,28,30,34)/b21-14+. The van der Waals surface area contributed by atoms with Crippen LogP contribution in [0.25, 0.3) is 6.08 Å². The van der Waals surface area contributed by atoms with Crippen LogP contribution in [0, 0.1) is 3.57 Å². The van der Waals surface area contributed by atoms with Crippen LogP contribution in [-0.2, 0) is 22.6 Å². The highest BCUT2D eigenvalue weighted by molar-refractivity contribution is 14.1. The lowest BCUT2D eigenvalue weighted by molar-refractivity contribution is -0.128. The molecule has 1 heterocycles. The third-order valence-electron chi connectivity index (χ3n) is 4.92. The predicted octanol–water partition coefficient (Wildman–Crippen LogP) is 4.81. The molecule has 34 heavy (non-hydrogen) atoms. The third-order valence-corrected chi connectivity index (χ3v) is 5.96. The van der Waals surface area contributed by atoms with Crippen LogP contribution < -0.4 is 14.8 Å². The molecule has 1 N–H and O–H groups in total. The highest BCUT2D eigenvalue weighted by Crippen LogP contribution is 2.35. The summed E-state index contributed by atoms with van der Waals surface area (Å²) in [5.41, 5.74) is 2.48. The Hall–Kier alpha value is -2.98. The van der Waals surface area contributed by atoms with Crippen LogP contribution in [0.1, 0.15) is 23.6 Å². The van der Waals surface area contributed by atoms with Crippen molar-refractivity contribution in [3.05, 3.63) is 87.5 Å². The van der Waals surface area contributed by atoms with Crippen molar-refractivity contribution < 1.29 is 19.1 Å². The first-order valence-corrected chi connectivity index (χ1v) is 12.1. The number of nitrogens with zero attached hydrogens (tertiary/aromatic N) is 1. The number of hydrogen-bond acceptors (Lipinski definition) is 5. The van der Waals surface area contributed by atoms with Gasteiger partial charge in [-0.25, -0.2) is 0 Å². The molecule has 0 spiro atoms. The van der Waals surface area contributed by atoms with Gasteiger partial charge in [-0.05, 0) is 89.6 Å². The fourth-order valence-electron chi connectivity index (χ4n) is 3.39. The zero-order valence-electron chi connectivity index (χ0n) is 18.8. The van der Waals surface area contributed by atoms with Crippen molar-refractivity contribution in [2.45, 2.75) is 20.0 Å². The monoisotopic (exact) mass is 588 g/mol. The second-order valence-electron chi connectivity index (χ2n) is 7.37. The Bertz CT molecular complexity index is 1160. The van der Waals surface area contributed by atoms with E-state index in [1.54, 1.807) is 18.2 Å². The molecule has 2 aromatic rings. The Morgan fingerprint density at radius 1 is 1.12 bits per heavy atom. The van der Waals surface area contributed by atoms with Crippen LogP contribution in [0.5, 0.6) is 11.5 Å². The van der Waals surface area contributed by atoms with E-state index in [9.17, 15) is 9.59 Å². The molecule has 8 heteroatoms. The summed E-state index contributed by atoms with van der Waals surface area (Å²) in [6, 6.07) is 11.7. The Balaban J connectivity index is 1.99. The lowest BCUT2D eigenvalue weighted by atomic mass is 10.0. The van der Waals surface area contributed by atoms with Crippen molar-refractivity contribution in [2.24, 2.45) is 0 Å². The average Bonchev–Trinajstić information content (AvgIpc) is 2.80. The Morgan fingerprint density at radius 3 is 2.50 bits per heavy atom. The van der Waals surface area contributed by atoms with Gasteiger partial charge in [0.25, 0.3) is 11.8 Å². The minimum atomic E-state index is -0.544. The number of carbonyl (C=O) groups excluding carboxylic acids is 2. The van der Waals surface area contributed by atoms with Crippen LogP contribution in [-0.4, -0.2) is 35.0 Å². The number of nitrogens with one attached hydrogen (secondary N) is 1. The highest BCUT2D eigenvalue weighted by atomic mass is 127. The molecule has 0 unspecified atom stereocenters. The summed E-state index contributed by atoms with van der Waals surface area (Å²) >= 11 is 7.38. The molecule has 1 saturated heterocycles. The van der Waals surface area contributed by atoms with Gasteiger partial charge in [-0.15, -0.1) is 13.2 Å². The summed E-state index contributed by atoms with van der Waals surface area (Å²) in [5.74, 6) is 0.117. The van der Waals surface area contributed by atoms with Gasteiger partial charge < -0.3 is 9.47 Å². The Morgan fingerprint density at radius 2 is 1.85 bits per heavy atom. The minimum absolute atomic E-state index is 0.0185. The number of rotatable bonds is 10. The molecular weight excluding hydrogens is 563 g/mol. The maximum absolute atomic E-state index is 12.9. The summed E-state index contributed by atoms with van der Waals surface area (Å²) in [5, 5.41) is 2.62. The summed E-state index contributed by atoms with van der Waals surface area (Å²) in [6.07, 6.45) is 5.37. The minimum Gasteiger partial charge on any atom is -0.490 e. The van der Waals surface area contributed by atoms with Gasteiger partial charge in [0.15, 0.2) is 16.6 Å². The fraction of sp³-hybridized carbons (Fsp3) is 0.192. The van der Waals surface area contributed by atoms with Gasteiger partial charge in [-0.1, -0.05) is 24.3 Å². The first-order chi connectivity index (χ1) is 16.4. The van der Waals surface area contributed by atoms with E-state index in [1.165, 1.54) is 11.0 Å². The predicted molar refractivity (Wildman–Crippen MR) is 146 cm³/mol. The second-order valence-corrected chi connectivity index (χ2v) is 9.00. The Labute approximate surface area is 218 Å². The number of carbonyl (C=O) groups is 2. The van der Waals surface area contributed by atoms with E-state index in [0.717, 1.165) is 14.7 Å². The van der Waals surface area contributed by atoms with E-state index in [0.29, 0.717) is 36.7 Å². The first kappa shape index (κ1) is 25.6. The molecule has 1 fully saturated rings. The van der Waals surface area contributed by atoms with Crippen molar-refractivity contribution >= 4 is 57.8 Å². The number of benzene rings is 2. The van der Waals surface area contributed by atoms with Crippen LogP contribution in [0.3, 0.4) is 0 Å². The van der Waals surface area contributed by atoms with E-state index < -0.39 is 11.8 Å². The number of ether oxygens (including phenoxy) is 2. The molecular formula is C26H25IN2O4S. The van der Waals surface area contributed by atoms with E-state index in [2.05, 4.69) is 41.1 Å². The highest BCUT2D eigenvalue weighted by Gasteiger charge is 2.32. The quantitative estimate of drug-likeness (QED) is 0.142. The molecule has 0 atom stereocenters. The zero-order valence-corrected chi connectivity index (χ0v) is 21.8. The van der Waals surface area contributed by atoms with Gasteiger partial charge in [-0.2, -0.15) is 0 Å². The van der Waals surface area contributed by atoms with E-state index in [-0.39, 0.29) is 17.2 Å². The van der Waals surface area contributed by atoms with Crippen LogP contribution >= 0.6 is 34.8 Å². The SMILES string of the molecule is C=CCc1cc(/C=C2\C(=O)NC(=S)N(CC=C)C2=O)cc(OCC)c1OCc1ccc(I)cc1. The molecule has 176 valence electrons. The molecule has 0 radical (unpaired) electrons. The normalized spacial score (nSPS) is 14.7. The third kappa shape index (κ3) is 6.12. The van der Waals surface area contributed by atoms with E-state index >= 15 is 0 Å². The Kier molecular flexibility index (Phi) is 9.00. The zero-order chi connectivity index (χ0) is 24.7. The summed E-state index contributed by atoms with van der Waals surface area (Å²) in [6.45, 7) is 10.4. The number of hydrogen-bond donors (Lipinski definition) is 1. The second kappa shape index (κ2) is 11.9. The van der Waals surface area contributed by atoms with Crippen molar-refractivity contribution in [1.82, 2.24) is 10.2 Å². The van der Waals surface area contributed by atoms with Gasteiger partial charge in [0, 0.05) is 15.7 Å². The van der Waals surface area contributed by atoms with Crippen molar-refractivity contribution in [3.8, 4) is 11.5 Å². The van der Waals surface area contributed by atoms with Crippen molar-refractivity contribution in [2.75, 3.05) is 13.2 Å². The molecule has 0 aliphatic carbocycles. The average molecular weight is 588 g/mol. The van der Waals surface area contributed by atoms with Gasteiger partial charge in [-0.3, -0.25) is 19.8 Å².